The van der Waals surface area contributed by atoms with Gasteiger partial charge in [-0.25, -0.2) is 0 Å². The maximum absolute atomic E-state index is 11.9. The Balaban J connectivity index is 1.33. The molecule has 130 valence electrons. The second kappa shape index (κ2) is 7.31. The van der Waals surface area contributed by atoms with Crippen molar-refractivity contribution in [3.8, 4) is 5.75 Å². The number of hydrogen-bond donors (Lipinski definition) is 1. The molecule has 25 heavy (non-hydrogen) atoms. The van der Waals surface area contributed by atoms with Crippen LogP contribution in [0, 0.1) is 0 Å². The van der Waals surface area contributed by atoms with Crippen LogP contribution in [0.2, 0.25) is 0 Å². The predicted molar refractivity (Wildman–Crippen MR) is 99.4 cm³/mol. The molecule has 1 aliphatic rings. The molecule has 0 bridgehead atoms. The van der Waals surface area contributed by atoms with Crippen LogP contribution in [0.1, 0.15) is 29.7 Å². The molecule has 1 aliphatic carbocycles. The summed E-state index contributed by atoms with van der Waals surface area (Å²) in [6, 6.07) is 7.89. The molecule has 0 fully saturated rings. The summed E-state index contributed by atoms with van der Waals surface area (Å²) in [7, 11) is 0. The number of carbonyl (C=O) groups excluding carboxylic acids is 1. The van der Waals surface area contributed by atoms with E-state index in [0.29, 0.717) is 6.54 Å². The van der Waals surface area contributed by atoms with Crippen LogP contribution in [0.4, 0.5) is 0 Å². The van der Waals surface area contributed by atoms with Crippen LogP contribution in [0.3, 0.4) is 0 Å². The lowest BCUT2D eigenvalue weighted by atomic mass is 9.96. The number of furan rings is 1. The second-order valence-electron chi connectivity index (χ2n) is 6.39. The number of aryl methyl sites for hydroxylation is 2. The molecule has 1 amide bonds. The number of thiophene rings is 1. The maximum Gasteiger partial charge on any atom is 0.257 e. The molecule has 2 aromatic heterocycles. The second-order valence-corrected chi connectivity index (χ2v) is 7.17. The van der Waals surface area contributed by atoms with Crippen LogP contribution in [-0.2, 0) is 24.1 Å². The lowest BCUT2D eigenvalue weighted by Gasteiger charge is -2.09. The fraction of sp³-hybridized carbons (Fsp3) is 0.350. The normalized spacial score (nSPS) is 13.6. The zero-order chi connectivity index (χ0) is 17.1. The Morgan fingerprint density at radius 1 is 1.24 bits per heavy atom. The first-order valence-corrected chi connectivity index (χ1v) is 9.69. The Bertz CT molecular complexity index is 867. The van der Waals surface area contributed by atoms with Gasteiger partial charge in [-0.05, 0) is 66.3 Å². The first-order valence-electron chi connectivity index (χ1n) is 8.74. The summed E-state index contributed by atoms with van der Waals surface area (Å²) >= 11 is 1.67. The van der Waals surface area contributed by atoms with E-state index in [9.17, 15) is 4.79 Å². The number of carbonyl (C=O) groups is 1. The summed E-state index contributed by atoms with van der Waals surface area (Å²) in [5.74, 6) is 1.74. The molecule has 0 aliphatic heterocycles. The molecular formula is C20H21NO3S. The van der Waals surface area contributed by atoms with Crippen molar-refractivity contribution in [1.29, 1.82) is 0 Å². The van der Waals surface area contributed by atoms with E-state index >= 15 is 0 Å². The van der Waals surface area contributed by atoms with E-state index in [-0.39, 0.29) is 12.5 Å². The van der Waals surface area contributed by atoms with E-state index in [1.54, 1.807) is 11.3 Å². The van der Waals surface area contributed by atoms with Crippen molar-refractivity contribution >= 4 is 28.2 Å². The number of rotatable bonds is 6. The van der Waals surface area contributed by atoms with Crippen LogP contribution in [0.5, 0.6) is 5.75 Å². The molecule has 2 heterocycles. The van der Waals surface area contributed by atoms with E-state index in [1.807, 2.05) is 23.6 Å². The van der Waals surface area contributed by atoms with Crippen molar-refractivity contribution < 1.29 is 13.9 Å². The molecule has 0 radical (unpaired) electrons. The molecule has 4 rings (SSSR count). The average Bonchev–Trinajstić information content (AvgIpc) is 3.27. The third-order valence-corrected chi connectivity index (χ3v) is 5.34. The van der Waals surface area contributed by atoms with Gasteiger partial charge in [0.05, 0.1) is 0 Å². The van der Waals surface area contributed by atoms with Gasteiger partial charge in [0.1, 0.15) is 17.1 Å². The van der Waals surface area contributed by atoms with Crippen LogP contribution in [0.25, 0.3) is 11.0 Å². The zero-order valence-electron chi connectivity index (χ0n) is 14.0. The van der Waals surface area contributed by atoms with Gasteiger partial charge in [0.2, 0.25) is 0 Å². The minimum absolute atomic E-state index is 0.0369. The zero-order valence-corrected chi connectivity index (χ0v) is 14.9. The Morgan fingerprint density at radius 2 is 2.16 bits per heavy atom. The third kappa shape index (κ3) is 3.71. The van der Waals surface area contributed by atoms with Gasteiger partial charge in [0.15, 0.2) is 6.61 Å². The van der Waals surface area contributed by atoms with E-state index in [0.717, 1.165) is 41.7 Å². The SMILES string of the molecule is O=C(COc1ccc2oc3c(c2c1)CCCC3)NCCc1ccsc1. The van der Waals surface area contributed by atoms with Gasteiger partial charge < -0.3 is 14.5 Å². The summed E-state index contributed by atoms with van der Waals surface area (Å²) in [5, 5.41) is 8.17. The molecular weight excluding hydrogens is 334 g/mol. The quantitative estimate of drug-likeness (QED) is 0.724. The van der Waals surface area contributed by atoms with Gasteiger partial charge in [-0.2, -0.15) is 11.3 Å². The number of hydrogen-bond acceptors (Lipinski definition) is 4. The largest absolute Gasteiger partial charge is 0.484 e. The van der Waals surface area contributed by atoms with Gasteiger partial charge in [0, 0.05) is 23.9 Å². The van der Waals surface area contributed by atoms with Crippen molar-refractivity contribution in [2.24, 2.45) is 0 Å². The first kappa shape index (κ1) is 16.2. The van der Waals surface area contributed by atoms with Gasteiger partial charge >= 0.3 is 0 Å². The van der Waals surface area contributed by atoms with Gasteiger partial charge in [-0.1, -0.05) is 0 Å². The fourth-order valence-electron chi connectivity index (χ4n) is 3.31. The Labute approximate surface area is 150 Å². The molecule has 0 unspecified atom stereocenters. The summed E-state index contributed by atoms with van der Waals surface area (Å²) in [5.41, 5.74) is 3.48. The van der Waals surface area contributed by atoms with Crippen molar-refractivity contribution in [2.75, 3.05) is 13.2 Å². The maximum atomic E-state index is 11.9. The number of benzene rings is 1. The van der Waals surface area contributed by atoms with Crippen molar-refractivity contribution in [3.63, 3.8) is 0 Å². The molecule has 1 N–H and O–H groups in total. The van der Waals surface area contributed by atoms with Crippen molar-refractivity contribution in [1.82, 2.24) is 5.32 Å². The number of amides is 1. The van der Waals surface area contributed by atoms with Crippen LogP contribution in [0.15, 0.2) is 39.4 Å². The van der Waals surface area contributed by atoms with Crippen molar-refractivity contribution in [3.05, 3.63) is 51.9 Å². The van der Waals surface area contributed by atoms with Gasteiger partial charge in [-0.15, -0.1) is 0 Å². The first-order chi connectivity index (χ1) is 12.3. The van der Waals surface area contributed by atoms with Crippen molar-refractivity contribution in [2.45, 2.75) is 32.1 Å². The minimum atomic E-state index is -0.0930. The lowest BCUT2D eigenvalue weighted by Crippen LogP contribution is -2.30. The number of nitrogens with one attached hydrogen (secondary N) is 1. The molecule has 0 atom stereocenters. The molecule has 0 saturated carbocycles. The van der Waals surface area contributed by atoms with E-state index in [1.165, 1.54) is 24.0 Å². The molecule has 5 heteroatoms. The number of ether oxygens (including phenoxy) is 1. The average molecular weight is 355 g/mol. The van der Waals surface area contributed by atoms with Crippen LogP contribution < -0.4 is 10.1 Å². The Kier molecular flexibility index (Phi) is 4.74. The third-order valence-electron chi connectivity index (χ3n) is 4.61. The molecule has 1 aromatic carbocycles. The van der Waals surface area contributed by atoms with Gasteiger partial charge in [-0.3, -0.25) is 4.79 Å². The smallest absolute Gasteiger partial charge is 0.257 e. The van der Waals surface area contributed by atoms with E-state index < -0.39 is 0 Å². The van der Waals surface area contributed by atoms with Crippen LogP contribution in [-0.4, -0.2) is 19.1 Å². The molecule has 3 aromatic rings. The summed E-state index contributed by atoms with van der Waals surface area (Å²) in [6.07, 6.45) is 5.34. The van der Waals surface area contributed by atoms with Crippen LogP contribution >= 0.6 is 11.3 Å². The fourth-order valence-corrected chi connectivity index (χ4v) is 4.02. The molecule has 4 nitrogen and oxygen atoms in total. The number of fused-ring (bicyclic) bond motifs is 3. The highest BCUT2D eigenvalue weighted by Crippen LogP contribution is 2.33. The molecule has 0 spiro atoms. The summed E-state index contributed by atoms with van der Waals surface area (Å²) in [4.78, 5) is 11.9. The predicted octanol–water partition coefficient (Wildman–Crippen LogP) is 4.11. The highest BCUT2D eigenvalue weighted by atomic mass is 32.1. The van der Waals surface area contributed by atoms with E-state index in [2.05, 4.69) is 16.8 Å². The van der Waals surface area contributed by atoms with E-state index in [4.69, 9.17) is 9.15 Å². The molecule has 0 saturated heterocycles. The summed E-state index contributed by atoms with van der Waals surface area (Å²) in [6.45, 7) is 0.669. The standard InChI is InChI=1S/C20H21NO3S/c22-20(21-9-7-14-8-10-25-13-14)12-23-15-5-6-19-17(11-15)16-3-1-2-4-18(16)24-19/h5-6,8,10-11,13H,1-4,7,9,12H2,(H,21,22). The minimum Gasteiger partial charge on any atom is -0.484 e. The van der Waals surface area contributed by atoms with Gasteiger partial charge in [0.25, 0.3) is 5.91 Å². The monoisotopic (exact) mass is 355 g/mol. The topological polar surface area (TPSA) is 51.5 Å². The summed E-state index contributed by atoms with van der Waals surface area (Å²) < 4.78 is 11.6. The highest BCUT2D eigenvalue weighted by molar-refractivity contribution is 7.07. The Hall–Kier alpha value is -2.27. The lowest BCUT2D eigenvalue weighted by molar-refractivity contribution is -0.123. The Morgan fingerprint density at radius 3 is 3.04 bits per heavy atom. The highest BCUT2D eigenvalue weighted by Gasteiger charge is 2.18.